The van der Waals surface area contributed by atoms with Gasteiger partial charge in [0.05, 0.1) is 12.7 Å². The van der Waals surface area contributed by atoms with Crippen LogP contribution in [0.5, 0.6) is 5.75 Å². The Morgan fingerprint density at radius 2 is 1.76 bits per heavy atom. The number of likely N-dealkylation sites (N-methyl/N-ethyl adjacent to an activating group) is 1. The number of aliphatic hydroxyl groups excluding tert-OH is 5. The second-order valence-electron chi connectivity index (χ2n) is 13.5. The first-order valence-electron chi connectivity index (χ1n) is 16.9. The van der Waals surface area contributed by atoms with Gasteiger partial charge in [0.1, 0.15) is 30.2 Å². The molecule has 1 amide bonds. The molecular formula is C37H47Cl2N3O7. The summed E-state index contributed by atoms with van der Waals surface area (Å²) in [7, 11) is 1.49. The molecule has 0 radical (unpaired) electrons. The molecule has 3 aromatic rings. The maximum absolute atomic E-state index is 12.7. The number of halogens is 2. The Labute approximate surface area is 297 Å². The molecule has 1 aromatic heterocycles. The molecule has 0 aliphatic heterocycles. The van der Waals surface area contributed by atoms with Crippen LogP contribution in [0.3, 0.4) is 0 Å². The number of hydrogen-bond acceptors (Lipinski definition) is 9. The lowest BCUT2D eigenvalue weighted by atomic mass is 9.93. The maximum atomic E-state index is 12.7. The molecule has 6 N–H and O–H groups in total. The summed E-state index contributed by atoms with van der Waals surface area (Å²) in [5.41, 5.74) is 4.88. The van der Waals surface area contributed by atoms with Gasteiger partial charge in [-0.25, -0.2) is 0 Å². The monoisotopic (exact) mass is 715 g/mol. The van der Waals surface area contributed by atoms with E-state index in [0.717, 1.165) is 59.3 Å². The number of hydrogen-bond donors (Lipinski definition) is 6. The summed E-state index contributed by atoms with van der Waals surface area (Å²) in [6.07, 6.45) is 3.05. The van der Waals surface area contributed by atoms with Gasteiger partial charge in [0.15, 0.2) is 0 Å². The number of carbonyl (C=O) groups excluding carboxylic acids is 1. The molecule has 49 heavy (non-hydrogen) atoms. The molecule has 0 bridgehead atoms. The van der Waals surface area contributed by atoms with Crippen molar-refractivity contribution in [3.8, 4) is 16.9 Å². The van der Waals surface area contributed by atoms with E-state index in [0.29, 0.717) is 35.5 Å². The van der Waals surface area contributed by atoms with Crippen molar-refractivity contribution in [1.29, 1.82) is 0 Å². The summed E-state index contributed by atoms with van der Waals surface area (Å²) in [5, 5.41) is 53.5. The summed E-state index contributed by atoms with van der Waals surface area (Å²) >= 11 is 13.6. The molecule has 2 fully saturated rings. The Kier molecular flexibility index (Phi) is 12.6. The van der Waals surface area contributed by atoms with Crippen LogP contribution in [0.25, 0.3) is 11.1 Å². The van der Waals surface area contributed by atoms with Gasteiger partial charge in [0, 0.05) is 60.1 Å². The average molecular weight is 717 g/mol. The number of benzene rings is 2. The van der Waals surface area contributed by atoms with E-state index in [1.807, 2.05) is 49.6 Å². The van der Waals surface area contributed by atoms with E-state index < -0.39 is 31.0 Å². The van der Waals surface area contributed by atoms with Crippen molar-refractivity contribution < 1.29 is 35.1 Å². The van der Waals surface area contributed by atoms with Crippen LogP contribution in [0.15, 0.2) is 54.9 Å². The lowest BCUT2D eigenvalue weighted by Gasteiger charge is -2.28. The molecule has 10 nitrogen and oxygen atoms in total. The maximum Gasteiger partial charge on any atom is 0.222 e. The summed E-state index contributed by atoms with van der Waals surface area (Å²) in [6, 6.07) is 14.1. The molecule has 12 heteroatoms. The Morgan fingerprint density at radius 3 is 2.45 bits per heavy atom. The van der Waals surface area contributed by atoms with Crippen LogP contribution in [0.4, 0.5) is 0 Å². The highest BCUT2D eigenvalue weighted by Crippen LogP contribution is 2.50. The highest BCUT2D eigenvalue weighted by atomic mass is 35.5. The second kappa shape index (κ2) is 16.5. The molecule has 0 spiro atoms. The van der Waals surface area contributed by atoms with Crippen molar-refractivity contribution in [3.05, 3.63) is 81.6 Å². The minimum atomic E-state index is -1.74. The van der Waals surface area contributed by atoms with Gasteiger partial charge >= 0.3 is 0 Å². The van der Waals surface area contributed by atoms with Crippen LogP contribution < -0.4 is 10.1 Å². The van der Waals surface area contributed by atoms with Crippen molar-refractivity contribution in [2.45, 2.75) is 100 Å². The first-order chi connectivity index (χ1) is 23.4. The van der Waals surface area contributed by atoms with Gasteiger partial charge in [-0.05, 0) is 91.0 Å². The normalized spacial score (nSPS) is 18.3. The molecule has 1 unspecified atom stereocenters. The molecule has 2 saturated carbocycles. The molecule has 5 atom stereocenters. The number of nitrogens with zero attached hydrogens (tertiary/aromatic N) is 2. The number of para-hydroxylation sites is 1. The first-order valence-corrected chi connectivity index (χ1v) is 17.7. The average Bonchev–Trinajstić information content (AvgIpc) is 4.05. The van der Waals surface area contributed by atoms with Crippen LogP contribution in [0.2, 0.25) is 10.0 Å². The Bertz CT molecular complexity index is 1590. The van der Waals surface area contributed by atoms with Crippen molar-refractivity contribution in [1.82, 2.24) is 15.2 Å². The molecule has 2 aliphatic rings. The van der Waals surface area contributed by atoms with Crippen LogP contribution in [0.1, 0.15) is 74.5 Å². The third-order valence-corrected chi connectivity index (χ3v) is 10.3. The van der Waals surface area contributed by atoms with Gasteiger partial charge in [-0.3, -0.25) is 9.78 Å². The standard InChI is InChI=1S/C37H47Cl2N3O7/c1-22(6-5-9-34(46)42(2)20-31(44)35(47)36(48)32(45)21-43)27-17-29(38)23(16-30(27)39)18-41-37(13-14-37)28-19-40-15-12-25(28)26-7-3-4-8-33(26)49-24-10-11-24/h3-4,7-8,12,15-17,19,22,24,31-32,35-36,41,43-45,47-48H,5-6,9-11,13-14,18,20-21H2,1-2H3/t22?,31-,32+,35+,36+/m0/s1. The fourth-order valence-electron chi connectivity index (χ4n) is 6.17. The molecule has 2 aromatic carbocycles. The van der Waals surface area contributed by atoms with E-state index in [1.165, 1.54) is 11.9 Å². The number of aromatic nitrogens is 1. The smallest absolute Gasteiger partial charge is 0.222 e. The number of aliphatic hydroxyl groups is 5. The predicted octanol–water partition coefficient (Wildman–Crippen LogP) is 4.54. The van der Waals surface area contributed by atoms with E-state index in [9.17, 15) is 25.2 Å². The Hall–Kier alpha value is -2.80. The molecule has 1 heterocycles. The van der Waals surface area contributed by atoms with Gasteiger partial charge in [-0.1, -0.05) is 48.3 Å². The Balaban J connectivity index is 1.16. The van der Waals surface area contributed by atoms with Gasteiger partial charge in [0.25, 0.3) is 0 Å². The van der Waals surface area contributed by atoms with E-state index in [1.54, 1.807) is 0 Å². The quantitative estimate of drug-likeness (QED) is 0.111. The molecule has 5 rings (SSSR count). The SMILES string of the molecule is CC(CCCC(=O)N(C)C[C@H](O)[C@@H](O)[C@H](O)[C@H](O)CO)c1cc(Cl)c(CNC2(c3cnccc3-c3ccccc3OC3CC3)CC2)cc1Cl. The highest BCUT2D eigenvalue weighted by molar-refractivity contribution is 6.34. The Morgan fingerprint density at radius 1 is 1.04 bits per heavy atom. The summed E-state index contributed by atoms with van der Waals surface area (Å²) in [6.45, 7) is 1.55. The number of amides is 1. The van der Waals surface area contributed by atoms with Crippen LogP contribution in [0, 0.1) is 0 Å². The van der Waals surface area contributed by atoms with Crippen LogP contribution >= 0.6 is 23.2 Å². The summed E-state index contributed by atoms with van der Waals surface area (Å²) in [5.74, 6) is 0.680. The first kappa shape index (κ1) is 37.5. The zero-order valence-corrected chi connectivity index (χ0v) is 29.4. The van der Waals surface area contributed by atoms with E-state index in [2.05, 4.69) is 22.4 Å². The van der Waals surface area contributed by atoms with Crippen LogP contribution in [-0.2, 0) is 16.9 Å². The molecule has 0 saturated heterocycles. The zero-order valence-electron chi connectivity index (χ0n) is 27.9. The van der Waals surface area contributed by atoms with Crippen molar-refractivity contribution in [2.75, 3.05) is 20.2 Å². The minimum Gasteiger partial charge on any atom is -0.490 e. The van der Waals surface area contributed by atoms with Crippen LogP contribution in [-0.4, -0.2) is 92.0 Å². The van der Waals surface area contributed by atoms with Gasteiger partial charge < -0.3 is 40.5 Å². The van der Waals surface area contributed by atoms with Crippen molar-refractivity contribution >= 4 is 29.1 Å². The highest BCUT2D eigenvalue weighted by Gasteiger charge is 2.46. The van der Waals surface area contributed by atoms with Gasteiger partial charge in [-0.15, -0.1) is 0 Å². The van der Waals surface area contributed by atoms with E-state index >= 15 is 0 Å². The van der Waals surface area contributed by atoms with Crippen molar-refractivity contribution in [3.63, 3.8) is 0 Å². The number of pyridine rings is 1. The number of carbonyl (C=O) groups is 1. The fraction of sp³-hybridized carbons (Fsp3) is 0.514. The number of nitrogens with one attached hydrogen (secondary N) is 1. The third-order valence-electron chi connectivity index (χ3n) is 9.64. The van der Waals surface area contributed by atoms with Gasteiger partial charge in [0.2, 0.25) is 5.91 Å². The van der Waals surface area contributed by atoms with E-state index in [4.69, 9.17) is 33.0 Å². The lowest BCUT2D eigenvalue weighted by Crippen LogP contribution is -2.49. The molecule has 266 valence electrons. The summed E-state index contributed by atoms with van der Waals surface area (Å²) < 4.78 is 6.24. The second-order valence-corrected chi connectivity index (χ2v) is 14.3. The van der Waals surface area contributed by atoms with Crippen molar-refractivity contribution in [2.24, 2.45) is 0 Å². The summed E-state index contributed by atoms with van der Waals surface area (Å²) in [4.78, 5) is 18.4. The topological polar surface area (TPSA) is 156 Å². The number of rotatable bonds is 18. The third kappa shape index (κ3) is 9.31. The largest absolute Gasteiger partial charge is 0.490 e. The predicted molar refractivity (Wildman–Crippen MR) is 189 cm³/mol. The molecular weight excluding hydrogens is 669 g/mol. The minimum absolute atomic E-state index is 0.0262. The lowest BCUT2D eigenvalue weighted by molar-refractivity contribution is -0.138. The van der Waals surface area contributed by atoms with Gasteiger partial charge in [-0.2, -0.15) is 0 Å². The van der Waals surface area contributed by atoms with E-state index in [-0.39, 0.29) is 30.3 Å². The fourth-order valence-corrected chi connectivity index (χ4v) is 6.79. The zero-order chi connectivity index (χ0) is 35.3. The number of ether oxygens (including phenoxy) is 1. The molecule has 2 aliphatic carbocycles.